The lowest BCUT2D eigenvalue weighted by Gasteiger charge is -2.34. The number of benzene rings is 2. The Labute approximate surface area is 222 Å². The molecule has 208 valence electrons. The second-order valence-electron chi connectivity index (χ2n) is 8.74. The Morgan fingerprint density at radius 3 is 2.45 bits per heavy atom. The van der Waals surface area contributed by atoms with Crippen molar-refractivity contribution in [1.82, 2.24) is 14.8 Å². The Kier molecular flexibility index (Phi) is 10.7. The molecule has 0 bridgehead atoms. The monoisotopic (exact) mass is 533 g/mol. The number of nitrogens with zero attached hydrogens (tertiary/aromatic N) is 2. The third-order valence-corrected chi connectivity index (χ3v) is 6.37. The topological polar surface area (TPSA) is 87.3 Å². The summed E-state index contributed by atoms with van der Waals surface area (Å²) in [5.41, 5.74) is 3.61. The van der Waals surface area contributed by atoms with Gasteiger partial charge in [-0.2, -0.15) is 0 Å². The summed E-state index contributed by atoms with van der Waals surface area (Å²) in [7, 11) is 1.69. The Balaban J connectivity index is 0.000000225. The van der Waals surface area contributed by atoms with E-state index in [1.54, 1.807) is 19.2 Å². The van der Waals surface area contributed by atoms with Gasteiger partial charge in [0.1, 0.15) is 24.5 Å². The van der Waals surface area contributed by atoms with Crippen molar-refractivity contribution in [2.45, 2.75) is 33.7 Å². The molecule has 0 aliphatic carbocycles. The molecule has 2 aliphatic rings. The van der Waals surface area contributed by atoms with Crippen molar-refractivity contribution >= 4 is 16.9 Å². The summed E-state index contributed by atoms with van der Waals surface area (Å²) in [5, 5.41) is 9.98. The number of carboxylic acid groups (broad SMARTS) is 1. The van der Waals surface area contributed by atoms with Crippen molar-refractivity contribution in [1.29, 1.82) is 0 Å². The smallest absolute Gasteiger partial charge is 0.339 e. The summed E-state index contributed by atoms with van der Waals surface area (Å²) in [4.78, 5) is 18.2. The first kappa shape index (κ1) is 29.2. The van der Waals surface area contributed by atoms with Gasteiger partial charge in [-0.25, -0.2) is 13.6 Å². The summed E-state index contributed by atoms with van der Waals surface area (Å²) in [6.45, 7) is 10.6. The maximum atomic E-state index is 12.5. The van der Waals surface area contributed by atoms with Gasteiger partial charge in [-0.1, -0.05) is 19.9 Å². The highest BCUT2D eigenvalue weighted by Gasteiger charge is 2.22. The molecule has 1 saturated heterocycles. The summed E-state index contributed by atoms with van der Waals surface area (Å²) in [5.74, 6) is 0.736. The van der Waals surface area contributed by atoms with Gasteiger partial charge in [-0.15, -0.1) is 0 Å². The van der Waals surface area contributed by atoms with Crippen LogP contribution in [0.25, 0.3) is 10.9 Å². The summed E-state index contributed by atoms with van der Waals surface area (Å²) < 4.78 is 40.9. The minimum Gasteiger partial charge on any atom is -0.496 e. The molecule has 0 atom stereocenters. The van der Waals surface area contributed by atoms with Crippen LogP contribution in [0.4, 0.5) is 8.78 Å². The van der Waals surface area contributed by atoms with E-state index in [2.05, 4.69) is 28.9 Å². The maximum Gasteiger partial charge on any atom is 0.339 e. The highest BCUT2D eigenvalue weighted by atomic mass is 19.3. The number of aromatic nitrogens is 1. The number of alkyl halides is 2. The summed E-state index contributed by atoms with van der Waals surface area (Å²) in [6.07, 6.45) is -0.306. The summed E-state index contributed by atoms with van der Waals surface area (Å²) >= 11 is 0. The number of aryl methyl sites for hydroxylation is 1. The molecule has 1 fully saturated rings. The first-order chi connectivity index (χ1) is 18.4. The molecule has 0 saturated carbocycles. The number of methoxy groups -OCH3 is 1. The van der Waals surface area contributed by atoms with Gasteiger partial charge >= 0.3 is 5.97 Å². The second-order valence-corrected chi connectivity index (χ2v) is 8.74. The zero-order valence-corrected chi connectivity index (χ0v) is 22.4. The van der Waals surface area contributed by atoms with Crippen LogP contribution in [0, 0.1) is 6.92 Å². The van der Waals surface area contributed by atoms with Crippen LogP contribution < -0.4 is 14.2 Å². The van der Waals surface area contributed by atoms with Gasteiger partial charge in [0.25, 0.3) is 6.43 Å². The van der Waals surface area contributed by atoms with E-state index in [0.717, 1.165) is 42.0 Å². The first-order valence-electron chi connectivity index (χ1n) is 12.9. The van der Waals surface area contributed by atoms with Crippen molar-refractivity contribution in [2.24, 2.45) is 0 Å². The number of fused-ring (bicyclic) bond motifs is 2. The highest BCUT2D eigenvalue weighted by molar-refractivity contribution is 5.92. The minimum absolute atomic E-state index is 0.121. The molecular weight excluding hydrogens is 496 g/mol. The number of ether oxygens (including phenoxy) is 3. The normalized spacial score (nSPS) is 15.3. The highest BCUT2D eigenvalue weighted by Crippen LogP contribution is 2.33. The summed E-state index contributed by atoms with van der Waals surface area (Å²) in [6, 6.07) is 8.96. The third-order valence-electron chi connectivity index (χ3n) is 6.37. The van der Waals surface area contributed by atoms with Crippen LogP contribution in [0.1, 0.15) is 35.3 Å². The number of carbonyl (C=O) groups is 1. The zero-order valence-electron chi connectivity index (χ0n) is 22.4. The maximum absolute atomic E-state index is 12.5. The van der Waals surface area contributed by atoms with Crippen LogP contribution in [0.3, 0.4) is 0 Å². The lowest BCUT2D eigenvalue weighted by atomic mass is 10.0. The molecule has 5 rings (SSSR count). The van der Waals surface area contributed by atoms with Crippen LogP contribution in [0.15, 0.2) is 36.5 Å². The van der Waals surface area contributed by atoms with Crippen LogP contribution in [-0.4, -0.2) is 85.3 Å². The van der Waals surface area contributed by atoms with E-state index in [9.17, 15) is 13.6 Å². The van der Waals surface area contributed by atoms with E-state index in [1.807, 2.05) is 24.9 Å². The van der Waals surface area contributed by atoms with Gasteiger partial charge in [0.15, 0.2) is 11.5 Å². The van der Waals surface area contributed by atoms with Gasteiger partial charge in [0.2, 0.25) is 0 Å². The number of nitrogens with one attached hydrogen (secondary N) is 1. The number of rotatable bonds is 6. The zero-order chi connectivity index (χ0) is 27.7. The molecule has 2 aromatic carbocycles. The van der Waals surface area contributed by atoms with Gasteiger partial charge in [0, 0.05) is 55.4 Å². The van der Waals surface area contributed by atoms with Crippen molar-refractivity contribution in [2.75, 3.05) is 53.0 Å². The fourth-order valence-corrected chi connectivity index (χ4v) is 4.57. The second kappa shape index (κ2) is 14.0. The number of carboxylic acids is 1. The van der Waals surface area contributed by atoms with Crippen LogP contribution >= 0.6 is 0 Å². The lowest BCUT2D eigenvalue weighted by molar-refractivity contribution is 0.0542. The van der Waals surface area contributed by atoms with Gasteiger partial charge in [0.05, 0.1) is 13.7 Å². The number of aromatic amines is 1. The molecule has 0 unspecified atom stereocenters. The van der Waals surface area contributed by atoms with Gasteiger partial charge in [-0.05, 0) is 36.8 Å². The number of para-hydroxylation sites is 1. The average molecular weight is 534 g/mol. The molecule has 3 aromatic rings. The van der Waals surface area contributed by atoms with E-state index < -0.39 is 12.4 Å². The minimum atomic E-state index is -2.25. The van der Waals surface area contributed by atoms with Crippen molar-refractivity contribution in [3.05, 3.63) is 53.2 Å². The van der Waals surface area contributed by atoms with Crippen molar-refractivity contribution in [3.63, 3.8) is 0 Å². The molecule has 1 aromatic heterocycles. The number of hydrogen-bond donors (Lipinski definition) is 2. The van der Waals surface area contributed by atoms with E-state index >= 15 is 0 Å². The molecule has 2 aliphatic heterocycles. The SMILES string of the molecule is CC.COc1cc(C)c2[nH]ccc2c1CN1CCN(CC(F)F)CC1.O=C(O)c1cccc2c1OCCO2. The molecule has 10 heteroatoms. The van der Waals surface area contributed by atoms with E-state index in [-0.39, 0.29) is 12.1 Å². The van der Waals surface area contributed by atoms with Gasteiger partial charge < -0.3 is 24.3 Å². The van der Waals surface area contributed by atoms with Gasteiger partial charge in [-0.3, -0.25) is 9.80 Å². The van der Waals surface area contributed by atoms with Crippen molar-refractivity contribution < 1.29 is 32.9 Å². The molecule has 0 spiro atoms. The molecule has 8 nitrogen and oxygen atoms in total. The third kappa shape index (κ3) is 7.14. The number of halogens is 2. The van der Waals surface area contributed by atoms with E-state index in [1.165, 1.54) is 11.5 Å². The number of hydrogen-bond acceptors (Lipinski definition) is 6. The number of piperazine rings is 1. The van der Waals surface area contributed by atoms with Crippen LogP contribution in [0.5, 0.6) is 17.2 Å². The Hall–Kier alpha value is -3.37. The van der Waals surface area contributed by atoms with Crippen LogP contribution in [-0.2, 0) is 6.54 Å². The van der Waals surface area contributed by atoms with Crippen LogP contribution in [0.2, 0.25) is 0 Å². The van der Waals surface area contributed by atoms with E-state index in [4.69, 9.17) is 19.3 Å². The first-order valence-corrected chi connectivity index (χ1v) is 12.9. The van der Waals surface area contributed by atoms with Crippen molar-refractivity contribution in [3.8, 4) is 17.2 Å². The number of H-pyrrole nitrogens is 1. The number of aromatic carboxylic acids is 1. The average Bonchev–Trinajstić information content (AvgIpc) is 3.43. The Morgan fingerprint density at radius 2 is 1.79 bits per heavy atom. The predicted molar refractivity (Wildman–Crippen MR) is 143 cm³/mol. The largest absolute Gasteiger partial charge is 0.496 e. The molecular formula is C28H37F2N3O5. The molecule has 3 heterocycles. The van der Waals surface area contributed by atoms with E-state index in [0.29, 0.717) is 37.8 Å². The quantitative estimate of drug-likeness (QED) is 0.459. The Morgan fingerprint density at radius 1 is 1.11 bits per heavy atom. The molecule has 38 heavy (non-hydrogen) atoms. The standard InChI is InChI=1S/C17H23F2N3O.C9H8O4.C2H6/c1-12-9-15(23-2)14(13-3-4-20-17(12)13)10-21-5-7-22(8-6-21)11-16(18)19;10-9(11)6-2-1-3-7-8(6)13-5-4-12-7;1-2/h3-4,9,16,20H,5-8,10-11H2,1-2H3;1-3H,4-5H2,(H,10,11);1-2H3. The fraction of sp³-hybridized carbons (Fsp3) is 0.464. The lowest BCUT2D eigenvalue weighted by Crippen LogP contribution is -2.47. The molecule has 0 radical (unpaired) electrons. The predicted octanol–water partition coefficient (Wildman–Crippen LogP) is 5.05. The molecule has 2 N–H and O–H groups in total. The molecule has 0 amide bonds. The fourth-order valence-electron chi connectivity index (χ4n) is 4.57. The Bertz CT molecular complexity index is 1190.